The first-order valence-corrected chi connectivity index (χ1v) is 15.7. The molecule has 3 rings (SSSR count). The summed E-state index contributed by atoms with van der Waals surface area (Å²) in [4.78, 5) is 28.6. The zero-order chi connectivity index (χ0) is 28.6. The third-order valence-corrected chi connectivity index (χ3v) is 8.75. The minimum absolute atomic E-state index is 0.0923. The molecule has 8 nitrogen and oxygen atoms in total. The fraction of sp³-hybridized carbons (Fsp3) is 0.517. The molecule has 214 valence electrons. The molecule has 39 heavy (non-hydrogen) atoms. The molecule has 2 aromatic carbocycles. The van der Waals surface area contributed by atoms with Crippen molar-refractivity contribution in [2.45, 2.75) is 77.4 Å². The Bertz CT molecular complexity index is 1250. The maximum atomic E-state index is 13.6. The molecular formula is C29H40ClN3O5S. The molecule has 2 aromatic rings. The number of ether oxygens (including phenoxy) is 1. The summed E-state index contributed by atoms with van der Waals surface area (Å²) in [7, 11) is -2.14. The molecule has 0 aliphatic heterocycles. The molecule has 0 radical (unpaired) electrons. The first kappa shape index (κ1) is 30.8. The third-order valence-electron chi connectivity index (χ3n) is 7.26. The molecule has 0 spiro atoms. The van der Waals surface area contributed by atoms with Crippen LogP contribution in [0.3, 0.4) is 0 Å². The molecule has 1 atom stereocenters. The number of amides is 2. The van der Waals surface area contributed by atoms with Crippen molar-refractivity contribution >= 4 is 39.1 Å². The standard InChI is InChI=1S/C29H40ClN3O5S/c1-5-26(29(35)31-23-13-8-9-14-23)32(20-22-12-7-6-11-21(22)2)28(34)15-10-18-33(39(4,36)37)24-16-17-27(38-3)25(30)19-24/h6-7,11-12,16-17,19,23,26H,5,8-10,13-15,18,20H2,1-4H3,(H,31,35). The number of hydrogen-bond donors (Lipinski definition) is 1. The van der Waals surface area contributed by atoms with Crippen molar-refractivity contribution in [3.05, 3.63) is 58.6 Å². The van der Waals surface area contributed by atoms with Crippen molar-refractivity contribution < 1.29 is 22.7 Å². The molecule has 10 heteroatoms. The van der Waals surface area contributed by atoms with Crippen molar-refractivity contribution in [1.29, 1.82) is 0 Å². The summed E-state index contributed by atoms with van der Waals surface area (Å²) in [6.07, 6.45) is 6.10. The number of hydrogen-bond acceptors (Lipinski definition) is 5. The van der Waals surface area contributed by atoms with Crippen molar-refractivity contribution in [3.63, 3.8) is 0 Å². The lowest BCUT2D eigenvalue weighted by Crippen LogP contribution is -2.51. The maximum Gasteiger partial charge on any atom is 0.243 e. The van der Waals surface area contributed by atoms with Gasteiger partial charge in [-0.25, -0.2) is 8.42 Å². The van der Waals surface area contributed by atoms with Gasteiger partial charge in [0.15, 0.2) is 0 Å². The van der Waals surface area contributed by atoms with E-state index in [9.17, 15) is 18.0 Å². The Morgan fingerprint density at radius 2 is 1.85 bits per heavy atom. The first-order valence-electron chi connectivity index (χ1n) is 13.5. The number of rotatable bonds is 13. The van der Waals surface area contributed by atoms with Gasteiger partial charge in [0.2, 0.25) is 21.8 Å². The van der Waals surface area contributed by atoms with Gasteiger partial charge in [-0.3, -0.25) is 13.9 Å². The highest BCUT2D eigenvalue weighted by Crippen LogP contribution is 2.30. The van der Waals surface area contributed by atoms with Crippen LogP contribution in [0.4, 0.5) is 5.69 Å². The fourth-order valence-corrected chi connectivity index (χ4v) is 6.28. The molecule has 0 heterocycles. The van der Waals surface area contributed by atoms with Gasteiger partial charge in [-0.1, -0.05) is 55.6 Å². The summed E-state index contributed by atoms with van der Waals surface area (Å²) in [5.41, 5.74) is 2.42. The fourth-order valence-electron chi connectivity index (χ4n) is 5.07. The number of anilines is 1. The number of halogens is 1. The van der Waals surface area contributed by atoms with E-state index in [4.69, 9.17) is 16.3 Å². The number of methoxy groups -OCH3 is 1. The van der Waals surface area contributed by atoms with Gasteiger partial charge in [0.25, 0.3) is 0 Å². The molecule has 1 N–H and O–H groups in total. The van der Waals surface area contributed by atoms with Crippen molar-refractivity contribution in [2.75, 3.05) is 24.2 Å². The number of aryl methyl sites for hydroxylation is 1. The summed E-state index contributed by atoms with van der Waals surface area (Å²) in [6, 6.07) is 12.1. The van der Waals surface area contributed by atoms with Crippen LogP contribution in [-0.2, 0) is 26.2 Å². The second-order valence-corrected chi connectivity index (χ2v) is 12.4. The van der Waals surface area contributed by atoms with Gasteiger partial charge in [0.05, 0.1) is 24.1 Å². The summed E-state index contributed by atoms with van der Waals surface area (Å²) < 4.78 is 31.6. The van der Waals surface area contributed by atoms with Crippen LogP contribution < -0.4 is 14.4 Å². The van der Waals surface area contributed by atoms with Crippen LogP contribution in [0.25, 0.3) is 0 Å². The smallest absolute Gasteiger partial charge is 0.243 e. The molecule has 1 unspecified atom stereocenters. The van der Waals surface area contributed by atoms with Crippen molar-refractivity contribution in [2.24, 2.45) is 0 Å². The van der Waals surface area contributed by atoms with Gasteiger partial charge in [0.1, 0.15) is 11.8 Å². The molecular weight excluding hydrogens is 538 g/mol. The number of nitrogens with one attached hydrogen (secondary N) is 1. The molecule has 0 saturated heterocycles. The van der Waals surface area contributed by atoms with Crippen LogP contribution in [0, 0.1) is 6.92 Å². The average molecular weight is 578 g/mol. The van der Waals surface area contributed by atoms with Crippen LogP contribution in [0.1, 0.15) is 63.0 Å². The Morgan fingerprint density at radius 1 is 1.15 bits per heavy atom. The highest BCUT2D eigenvalue weighted by molar-refractivity contribution is 7.92. The normalized spacial score (nSPS) is 14.6. The summed E-state index contributed by atoms with van der Waals surface area (Å²) >= 11 is 6.24. The van der Waals surface area contributed by atoms with E-state index in [0.717, 1.165) is 43.1 Å². The molecule has 0 bridgehead atoms. The Kier molecular flexibility index (Phi) is 11.1. The first-order chi connectivity index (χ1) is 18.5. The second-order valence-electron chi connectivity index (χ2n) is 10.1. The van der Waals surface area contributed by atoms with Gasteiger partial charge in [-0.05, 0) is 61.9 Å². The van der Waals surface area contributed by atoms with Crippen LogP contribution >= 0.6 is 11.6 Å². The predicted molar refractivity (Wildman–Crippen MR) is 156 cm³/mol. The molecule has 0 aromatic heterocycles. The molecule has 2 amide bonds. The lowest BCUT2D eigenvalue weighted by Gasteiger charge is -2.32. The Labute approximate surface area is 237 Å². The zero-order valence-electron chi connectivity index (χ0n) is 23.3. The van der Waals surface area contributed by atoms with E-state index in [1.807, 2.05) is 38.1 Å². The van der Waals surface area contributed by atoms with Gasteiger partial charge < -0.3 is 15.0 Å². The lowest BCUT2D eigenvalue weighted by molar-refractivity contribution is -0.141. The van der Waals surface area contributed by atoms with E-state index in [0.29, 0.717) is 29.4 Å². The quantitative estimate of drug-likeness (QED) is 0.358. The van der Waals surface area contributed by atoms with Gasteiger partial charge in [-0.15, -0.1) is 0 Å². The number of benzene rings is 2. The van der Waals surface area contributed by atoms with Crippen molar-refractivity contribution in [3.8, 4) is 5.75 Å². The van der Waals surface area contributed by atoms with E-state index in [1.54, 1.807) is 17.0 Å². The lowest BCUT2D eigenvalue weighted by atomic mass is 10.0. The Hall–Kier alpha value is -2.78. The SMILES string of the molecule is CCC(C(=O)NC1CCCC1)N(Cc1ccccc1C)C(=O)CCCN(c1ccc(OC)c(Cl)c1)S(C)(=O)=O. The Balaban J connectivity index is 1.77. The zero-order valence-corrected chi connectivity index (χ0v) is 24.9. The van der Waals surface area contributed by atoms with E-state index in [-0.39, 0.29) is 37.2 Å². The minimum Gasteiger partial charge on any atom is -0.495 e. The van der Waals surface area contributed by atoms with Gasteiger partial charge in [0, 0.05) is 25.6 Å². The number of sulfonamides is 1. The van der Waals surface area contributed by atoms with Crippen LogP contribution in [0.15, 0.2) is 42.5 Å². The topological polar surface area (TPSA) is 96.0 Å². The highest BCUT2D eigenvalue weighted by Gasteiger charge is 2.31. The summed E-state index contributed by atoms with van der Waals surface area (Å²) in [6.45, 7) is 4.31. The summed E-state index contributed by atoms with van der Waals surface area (Å²) in [5.74, 6) is 0.127. The molecule has 1 saturated carbocycles. The van der Waals surface area contributed by atoms with Crippen LogP contribution in [0.2, 0.25) is 5.02 Å². The van der Waals surface area contributed by atoms with Gasteiger partial charge in [-0.2, -0.15) is 0 Å². The van der Waals surface area contributed by atoms with E-state index >= 15 is 0 Å². The molecule has 1 fully saturated rings. The summed E-state index contributed by atoms with van der Waals surface area (Å²) in [5, 5.41) is 3.45. The van der Waals surface area contributed by atoms with Crippen molar-refractivity contribution in [1.82, 2.24) is 10.2 Å². The van der Waals surface area contributed by atoms with E-state index < -0.39 is 16.1 Å². The number of nitrogens with zero attached hydrogens (tertiary/aromatic N) is 2. The van der Waals surface area contributed by atoms with Gasteiger partial charge >= 0.3 is 0 Å². The number of carbonyl (C=O) groups excluding carboxylic acids is 2. The highest BCUT2D eigenvalue weighted by atomic mass is 35.5. The largest absolute Gasteiger partial charge is 0.495 e. The third kappa shape index (κ3) is 8.35. The van der Waals surface area contributed by atoms with Crippen LogP contribution in [0.5, 0.6) is 5.75 Å². The van der Waals surface area contributed by atoms with E-state index in [2.05, 4.69) is 5.32 Å². The minimum atomic E-state index is -3.63. The predicted octanol–water partition coefficient (Wildman–Crippen LogP) is 5.07. The maximum absolute atomic E-state index is 13.6. The average Bonchev–Trinajstić information content (AvgIpc) is 3.39. The monoisotopic (exact) mass is 577 g/mol. The van der Waals surface area contributed by atoms with Crippen LogP contribution in [-0.4, -0.2) is 57.1 Å². The Morgan fingerprint density at radius 3 is 2.44 bits per heavy atom. The van der Waals surface area contributed by atoms with E-state index in [1.165, 1.54) is 17.5 Å². The number of carbonyl (C=O) groups is 2. The molecule has 1 aliphatic rings. The molecule has 1 aliphatic carbocycles. The second kappa shape index (κ2) is 14.0.